The second-order valence-corrected chi connectivity index (χ2v) is 7.81. The van der Waals surface area contributed by atoms with Gasteiger partial charge in [-0.1, -0.05) is 0 Å². The third-order valence-electron chi connectivity index (χ3n) is 3.92. The van der Waals surface area contributed by atoms with Crippen molar-refractivity contribution in [1.82, 2.24) is 0 Å². The van der Waals surface area contributed by atoms with Crippen LogP contribution in [-0.2, 0) is 15.0 Å². The van der Waals surface area contributed by atoms with E-state index in [1.54, 1.807) is 13.0 Å². The number of carbonyl (C=O) groups is 1. The van der Waals surface area contributed by atoms with E-state index >= 15 is 0 Å². The predicted molar refractivity (Wildman–Crippen MR) is 91.2 cm³/mol. The molecule has 1 heterocycles. The van der Waals surface area contributed by atoms with E-state index in [1.165, 1.54) is 18.2 Å². The van der Waals surface area contributed by atoms with Crippen LogP contribution in [-0.4, -0.2) is 25.8 Å². The topological polar surface area (TPSA) is 90.7 Å². The molecule has 0 aliphatic carbocycles. The monoisotopic (exact) mass is 424 g/mol. The van der Waals surface area contributed by atoms with Gasteiger partial charge in [-0.25, -0.2) is 4.79 Å². The Balaban J connectivity index is 1.98. The Morgan fingerprint density at radius 3 is 2.54 bits per heavy atom. The van der Waals surface area contributed by atoms with Gasteiger partial charge in [-0.05, 0) is 37.5 Å². The second kappa shape index (κ2) is 8.29. The summed E-state index contributed by atoms with van der Waals surface area (Å²) in [5, 5.41) is -1.64. The summed E-state index contributed by atoms with van der Waals surface area (Å²) in [4.78, 5) is 23.2. The van der Waals surface area contributed by atoms with Gasteiger partial charge in [-0.3, -0.25) is 4.79 Å². The van der Waals surface area contributed by atoms with Crippen LogP contribution in [0.2, 0.25) is 0 Å². The van der Waals surface area contributed by atoms with E-state index < -0.39 is 52.5 Å². The van der Waals surface area contributed by atoms with Crippen molar-refractivity contribution in [2.45, 2.75) is 44.0 Å². The maximum Gasteiger partial charge on any atom is 0.390 e. The number of fused-ring (bicyclic) bond motifs is 1. The first-order chi connectivity index (χ1) is 12.8. The van der Waals surface area contributed by atoms with Crippen molar-refractivity contribution in [2.24, 2.45) is 0 Å². The quantitative estimate of drug-likeness (QED) is 0.221. The molecular weight excluding hydrogens is 408 g/mol. The van der Waals surface area contributed by atoms with Gasteiger partial charge in [-0.15, -0.1) is 3.89 Å². The third kappa shape index (κ3) is 6.32. The number of rotatable bonds is 7. The summed E-state index contributed by atoms with van der Waals surface area (Å²) >= 11 is 0. The number of esters is 1. The van der Waals surface area contributed by atoms with Crippen molar-refractivity contribution in [3.63, 3.8) is 0 Å². The number of carbonyl (C=O) groups excluding carboxylic acids is 1. The van der Waals surface area contributed by atoms with Crippen molar-refractivity contribution in [3.05, 3.63) is 40.2 Å². The van der Waals surface area contributed by atoms with Gasteiger partial charge in [0.15, 0.2) is 0 Å². The van der Waals surface area contributed by atoms with E-state index in [9.17, 15) is 35.1 Å². The Morgan fingerprint density at radius 1 is 1.25 bits per heavy atom. The molecule has 2 aromatic rings. The van der Waals surface area contributed by atoms with Crippen LogP contribution in [0.5, 0.6) is 5.75 Å². The maximum atomic E-state index is 13.0. The molecule has 0 fully saturated rings. The molecule has 0 bridgehead atoms. The van der Waals surface area contributed by atoms with Crippen LogP contribution in [0, 0.1) is 6.92 Å². The largest absolute Gasteiger partial charge is 0.426 e. The molecular formula is C17H16F4O6S. The van der Waals surface area contributed by atoms with Gasteiger partial charge in [0.2, 0.25) is 0 Å². The van der Waals surface area contributed by atoms with E-state index in [1.807, 2.05) is 0 Å². The van der Waals surface area contributed by atoms with Crippen molar-refractivity contribution in [3.8, 4) is 5.75 Å². The lowest BCUT2D eigenvalue weighted by atomic mass is 10.1. The molecule has 28 heavy (non-hydrogen) atoms. The highest BCUT2D eigenvalue weighted by Crippen LogP contribution is 2.28. The van der Waals surface area contributed by atoms with Gasteiger partial charge in [0.25, 0.3) is 0 Å². The van der Waals surface area contributed by atoms with Crippen LogP contribution in [0.15, 0.2) is 33.5 Å². The molecule has 0 N–H and O–H groups in total. The summed E-state index contributed by atoms with van der Waals surface area (Å²) in [6.07, 6.45) is -8.09. The molecule has 1 aromatic carbocycles. The normalized spacial score (nSPS) is 13.5. The number of hydrogen-bond acceptors (Lipinski definition) is 6. The molecule has 0 amide bonds. The summed E-state index contributed by atoms with van der Waals surface area (Å²) < 4.78 is 81.7. The molecule has 0 saturated heterocycles. The minimum absolute atomic E-state index is 0.0382. The van der Waals surface area contributed by atoms with Gasteiger partial charge >= 0.3 is 28.0 Å². The molecule has 0 radical (unpaired) electrons. The highest BCUT2D eigenvalue weighted by molar-refractivity contribution is 7.87. The van der Waals surface area contributed by atoms with Crippen LogP contribution in [0.3, 0.4) is 0 Å². The lowest BCUT2D eigenvalue weighted by Crippen LogP contribution is -2.25. The maximum absolute atomic E-state index is 13.0. The molecule has 1 unspecified atom stereocenters. The van der Waals surface area contributed by atoms with E-state index in [0.717, 1.165) is 0 Å². The Morgan fingerprint density at radius 2 is 1.93 bits per heavy atom. The smallest absolute Gasteiger partial charge is 0.390 e. The van der Waals surface area contributed by atoms with Crippen LogP contribution in [0.25, 0.3) is 11.0 Å². The predicted octanol–water partition coefficient (Wildman–Crippen LogP) is 3.80. The summed E-state index contributed by atoms with van der Waals surface area (Å²) in [6.45, 7) is 1.70. The van der Waals surface area contributed by atoms with Gasteiger partial charge in [0.1, 0.15) is 11.3 Å². The van der Waals surface area contributed by atoms with Crippen molar-refractivity contribution in [1.29, 1.82) is 0 Å². The fraction of sp³-hybridized carbons (Fsp3) is 0.412. The fourth-order valence-corrected chi connectivity index (χ4v) is 3.46. The molecule has 0 saturated carbocycles. The highest BCUT2D eigenvalue weighted by atomic mass is 32.3. The van der Waals surface area contributed by atoms with E-state index in [-0.39, 0.29) is 17.8 Å². The average Bonchev–Trinajstić information content (AvgIpc) is 2.51. The van der Waals surface area contributed by atoms with Crippen LogP contribution < -0.4 is 10.4 Å². The van der Waals surface area contributed by atoms with Gasteiger partial charge in [0.05, 0.1) is 11.7 Å². The minimum Gasteiger partial charge on any atom is -0.426 e. The fourth-order valence-electron chi connectivity index (χ4n) is 2.63. The van der Waals surface area contributed by atoms with Gasteiger partial charge in [0, 0.05) is 23.9 Å². The van der Waals surface area contributed by atoms with E-state index in [0.29, 0.717) is 10.9 Å². The molecule has 0 aliphatic heterocycles. The third-order valence-corrected chi connectivity index (χ3v) is 5.12. The summed E-state index contributed by atoms with van der Waals surface area (Å²) in [5.41, 5.74) is 0.257. The Bertz CT molecular complexity index is 1030. The van der Waals surface area contributed by atoms with Crippen molar-refractivity contribution < 1.29 is 39.4 Å². The van der Waals surface area contributed by atoms with Crippen molar-refractivity contribution in [2.75, 3.05) is 0 Å². The van der Waals surface area contributed by atoms with Crippen LogP contribution in [0.4, 0.5) is 17.1 Å². The summed E-state index contributed by atoms with van der Waals surface area (Å²) in [6, 6.07) is 5.60. The van der Waals surface area contributed by atoms with E-state index in [4.69, 9.17) is 9.15 Å². The lowest BCUT2D eigenvalue weighted by molar-refractivity contribution is -0.135. The molecule has 1 atom stereocenters. The lowest BCUT2D eigenvalue weighted by Gasteiger charge is -2.14. The molecule has 1 aromatic heterocycles. The highest BCUT2D eigenvalue weighted by Gasteiger charge is 2.38. The Kier molecular flexibility index (Phi) is 6.48. The zero-order valence-corrected chi connectivity index (χ0v) is 15.4. The second-order valence-electron chi connectivity index (χ2n) is 6.19. The number of alkyl halides is 3. The van der Waals surface area contributed by atoms with Gasteiger partial charge < -0.3 is 9.15 Å². The van der Waals surface area contributed by atoms with Crippen LogP contribution >= 0.6 is 0 Å². The van der Waals surface area contributed by atoms with E-state index in [2.05, 4.69) is 0 Å². The number of hydrogen-bond donors (Lipinski definition) is 0. The molecule has 6 nitrogen and oxygen atoms in total. The number of benzene rings is 1. The van der Waals surface area contributed by atoms with Crippen LogP contribution in [0.1, 0.15) is 31.2 Å². The number of ether oxygens (including phenoxy) is 1. The van der Waals surface area contributed by atoms with Crippen molar-refractivity contribution >= 4 is 27.2 Å². The Hall–Kier alpha value is -2.43. The summed E-state index contributed by atoms with van der Waals surface area (Å²) in [7, 11) is -5.40. The molecule has 2 rings (SSSR count). The standard InChI is InChI=1S/C17H16F4O6S/c1-10-7-16(23)27-14-8-11(5-6-13(10)14)26-15(22)4-2-3-12(28(21,24)25)9-17(18,19)20/h5-8,12H,2-4,9H2,1H3. The summed E-state index contributed by atoms with van der Waals surface area (Å²) in [5.74, 6) is -0.812. The average molecular weight is 424 g/mol. The minimum atomic E-state index is -5.40. The molecule has 11 heteroatoms. The zero-order valence-electron chi connectivity index (χ0n) is 14.6. The first-order valence-corrected chi connectivity index (χ1v) is 9.55. The number of halogens is 4. The first-order valence-electron chi connectivity index (χ1n) is 8.10. The number of aryl methyl sites for hydroxylation is 1. The SMILES string of the molecule is Cc1cc(=O)oc2cc(OC(=O)CCCC(CC(F)(F)F)S(=O)(=O)F)ccc12. The van der Waals surface area contributed by atoms with Gasteiger partial charge in [-0.2, -0.15) is 21.6 Å². The molecule has 0 spiro atoms. The first kappa shape index (κ1) is 21.9. The molecule has 0 aliphatic rings. The Labute approximate surface area is 157 Å². The zero-order chi connectivity index (χ0) is 21.1. The molecule has 154 valence electrons.